The first-order valence-corrected chi connectivity index (χ1v) is 3.26. The fraction of sp³-hybridized carbons (Fsp3) is 0. The zero-order chi connectivity index (χ0) is 7.68. The molecule has 58 valence electrons. The summed E-state index contributed by atoms with van der Waals surface area (Å²) in [6.07, 6.45) is 3.16. The van der Waals surface area contributed by atoms with E-state index in [1.54, 1.807) is 24.5 Å². The zero-order valence-electron chi connectivity index (χ0n) is 6.23. The smallest absolute Gasteiger partial charge is 0.143 e. The number of fused-ring (bicyclic) bond motifs is 1. The van der Waals surface area contributed by atoms with Gasteiger partial charge in [0.2, 0.25) is 0 Å². The van der Waals surface area contributed by atoms with Crippen LogP contribution in [0.3, 0.4) is 0 Å². The first-order valence-electron chi connectivity index (χ1n) is 3.26. The van der Waals surface area contributed by atoms with Crippen molar-refractivity contribution in [3.8, 4) is 5.75 Å². The van der Waals surface area contributed by atoms with Crippen molar-refractivity contribution in [2.24, 2.45) is 0 Å². The maximum Gasteiger partial charge on any atom is 0.143 e. The summed E-state index contributed by atoms with van der Waals surface area (Å²) in [6, 6.07) is 5.14. The minimum atomic E-state index is 0. The van der Waals surface area contributed by atoms with Gasteiger partial charge in [-0.25, -0.2) is 4.98 Å². The van der Waals surface area contributed by atoms with Crippen molar-refractivity contribution in [2.45, 2.75) is 0 Å². The normalized spacial score (nSPS) is 9.33. The van der Waals surface area contributed by atoms with Crippen LogP contribution in [0.1, 0.15) is 0 Å². The Hall–Kier alpha value is -0.757. The van der Waals surface area contributed by atoms with E-state index >= 15 is 0 Å². The fourth-order valence-corrected chi connectivity index (χ4v) is 0.977. The van der Waals surface area contributed by atoms with Gasteiger partial charge in [-0.05, 0) is 12.1 Å². The molecule has 0 saturated heterocycles. The Labute approximate surface area is 88.6 Å². The van der Waals surface area contributed by atoms with Crippen molar-refractivity contribution < 1.29 is 31.3 Å². The van der Waals surface area contributed by atoms with E-state index in [2.05, 4.69) is 9.97 Å². The number of aromatic hydroxyl groups is 1. The van der Waals surface area contributed by atoms with Crippen LogP contribution >= 0.6 is 0 Å². The van der Waals surface area contributed by atoms with E-state index in [4.69, 9.17) is 0 Å². The molecule has 1 N–H and O–H groups in total. The van der Waals surface area contributed by atoms with Gasteiger partial charge in [0, 0.05) is 38.6 Å². The Balaban J connectivity index is 0.000000720. The standard InChI is InChI=1S/C8H6N2O.Zr/c11-7-3-1-2-6-8(7)10-5-4-9-6;/h1-5,11H;. The number of phenolic OH excluding ortho intramolecular Hbond substituents is 1. The molecule has 12 heavy (non-hydrogen) atoms. The molecule has 2 rings (SSSR count). The van der Waals surface area contributed by atoms with Crippen LogP contribution in [0.4, 0.5) is 0 Å². The van der Waals surface area contributed by atoms with E-state index in [9.17, 15) is 5.11 Å². The third-order valence-electron chi connectivity index (χ3n) is 1.48. The topological polar surface area (TPSA) is 46.0 Å². The molecule has 0 saturated carbocycles. The van der Waals surface area contributed by atoms with E-state index in [-0.39, 0.29) is 32.0 Å². The average Bonchev–Trinajstić information content (AvgIpc) is 2.06. The minimum Gasteiger partial charge on any atom is -0.506 e. The molecule has 0 aliphatic rings. The van der Waals surface area contributed by atoms with Gasteiger partial charge in [-0.3, -0.25) is 4.98 Å². The van der Waals surface area contributed by atoms with Gasteiger partial charge < -0.3 is 5.11 Å². The van der Waals surface area contributed by atoms with Crippen molar-refractivity contribution in [1.82, 2.24) is 9.97 Å². The van der Waals surface area contributed by atoms with Gasteiger partial charge in [0.15, 0.2) is 0 Å². The van der Waals surface area contributed by atoms with Crippen LogP contribution in [-0.4, -0.2) is 15.1 Å². The Kier molecular flexibility index (Phi) is 2.93. The molecule has 0 atom stereocenters. The SMILES string of the molecule is Oc1cccc2nccnc12.[Zr]. The number of hydrogen-bond acceptors (Lipinski definition) is 3. The van der Waals surface area contributed by atoms with E-state index in [0.29, 0.717) is 11.0 Å². The number of rotatable bonds is 0. The van der Waals surface area contributed by atoms with Crippen LogP contribution in [0.5, 0.6) is 5.75 Å². The quantitative estimate of drug-likeness (QED) is 0.752. The van der Waals surface area contributed by atoms with Crippen molar-refractivity contribution in [2.75, 3.05) is 0 Å². The second-order valence-electron chi connectivity index (χ2n) is 2.20. The van der Waals surface area contributed by atoms with Gasteiger partial charge >= 0.3 is 0 Å². The molecular formula is C8H6N2OZr. The van der Waals surface area contributed by atoms with Crippen LogP contribution in [0.2, 0.25) is 0 Å². The monoisotopic (exact) mass is 236 g/mol. The first-order chi connectivity index (χ1) is 5.38. The van der Waals surface area contributed by atoms with Crippen LogP contribution in [0.15, 0.2) is 30.6 Å². The maximum absolute atomic E-state index is 9.27. The second kappa shape index (κ2) is 3.77. The van der Waals surface area contributed by atoms with E-state index in [0.717, 1.165) is 0 Å². The summed E-state index contributed by atoms with van der Waals surface area (Å²) < 4.78 is 0. The predicted octanol–water partition coefficient (Wildman–Crippen LogP) is 1.33. The molecule has 1 aromatic heterocycles. The number of aromatic nitrogens is 2. The van der Waals surface area contributed by atoms with Crippen LogP contribution < -0.4 is 0 Å². The summed E-state index contributed by atoms with van der Waals surface area (Å²) in [5, 5.41) is 9.27. The predicted molar refractivity (Wildman–Crippen MR) is 41.2 cm³/mol. The summed E-state index contributed by atoms with van der Waals surface area (Å²) in [5.74, 6) is 0.176. The number of nitrogens with zero attached hydrogens (tertiary/aromatic N) is 2. The molecular weight excluding hydrogens is 231 g/mol. The molecule has 0 unspecified atom stereocenters. The van der Waals surface area contributed by atoms with Gasteiger partial charge in [0.1, 0.15) is 11.3 Å². The van der Waals surface area contributed by atoms with Crippen LogP contribution in [0.25, 0.3) is 11.0 Å². The van der Waals surface area contributed by atoms with Crippen molar-refractivity contribution in [3.63, 3.8) is 0 Å². The Morgan fingerprint density at radius 2 is 1.83 bits per heavy atom. The molecule has 1 heterocycles. The van der Waals surface area contributed by atoms with E-state index < -0.39 is 0 Å². The third-order valence-corrected chi connectivity index (χ3v) is 1.48. The fourth-order valence-electron chi connectivity index (χ4n) is 0.977. The number of phenols is 1. The minimum absolute atomic E-state index is 0. The van der Waals surface area contributed by atoms with Gasteiger partial charge in [-0.15, -0.1) is 0 Å². The molecule has 0 bridgehead atoms. The van der Waals surface area contributed by atoms with Crippen LogP contribution in [0, 0.1) is 0 Å². The van der Waals surface area contributed by atoms with Gasteiger partial charge in [-0.2, -0.15) is 0 Å². The van der Waals surface area contributed by atoms with Crippen molar-refractivity contribution in [3.05, 3.63) is 30.6 Å². The summed E-state index contributed by atoms with van der Waals surface area (Å²) in [7, 11) is 0. The summed E-state index contributed by atoms with van der Waals surface area (Å²) in [4.78, 5) is 7.99. The summed E-state index contributed by atoms with van der Waals surface area (Å²) in [5.41, 5.74) is 1.27. The number of hydrogen-bond donors (Lipinski definition) is 1. The van der Waals surface area contributed by atoms with Gasteiger partial charge in [0.05, 0.1) is 5.52 Å². The second-order valence-corrected chi connectivity index (χ2v) is 2.20. The molecule has 0 fully saturated rings. The molecule has 2 aromatic rings. The van der Waals surface area contributed by atoms with Crippen molar-refractivity contribution in [1.29, 1.82) is 0 Å². The van der Waals surface area contributed by atoms with Gasteiger partial charge in [-0.1, -0.05) is 6.07 Å². The summed E-state index contributed by atoms with van der Waals surface area (Å²) in [6.45, 7) is 0. The summed E-state index contributed by atoms with van der Waals surface area (Å²) >= 11 is 0. The largest absolute Gasteiger partial charge is 0.506 e. The van der Waals surface area contributed by atoms with Gasteiger partial charge in [0.25, 0.3) is 0 Å². The Morgan fingerprint density at radius 3 is 2.58 bits per heavy atom. The Bertz CT molecular complexity index is 386. The van der Waals surface area contributed by atoms with E-state index in [1.165, 1.54) is 0 Å². The molecule has 0 aliphatic heterocycles. The number of para-hydroxylation sites is 1. The molecule has 1 aromatic carbocycles. The number of benzene rings is 1. The molecule has 0 amide bonds. The van der Waals surface area contributed by atoms with Crippen molar-refractivity contribution >= 4 is 11.0 Å². The maximum atomic E-state index is 9.27. The Morgan fingerprint density at radius 1 is 1.08 bits per heavy atom. The third kappa shape index (κ3) is 1.53. The molecule has 0 spiro atoms. The molecule has 0 radical (unpaired) electrons. The van der Waals surface area contributed by atoms with Crippen LogP contribution in [-0.2, 0) is 26.2 Å². The molecule has 4 heteroatoms. The van der Waals surface area contributed by atoms with E-state index in [1.807, 2.05) is 6.07 Å². The average molecular weight is 237 g/mol. The molecule has 0 aliphatic carbocycles. The molecule has 3 nitrogen and oxygen atoms in total. The zero-order valence-corrected chi connectivity index (χ0v) is 8.69. The first kappa shape index (κ1) is 9.33.